The van der Waals surface area contributed by atoms with Crippen molar-refractivity contribution in [1.82, 2.24) is 44.9 Å². The molecule has 0 saturated carbocycles. The van der Waals surface area contributed by atoms with Crippen molar-refractivity contribution in [1.29, 1.82) is 0 Å². The number of carbonyl (C=O) groups is 2. The number of carbonyl (C=O) groups excluding carboxylic acids is 2. The van der Waals surface area contributed by atoms with Crippen molar-refractivity contribution in [2.45, 2.75) is 52.2 Å². The van der Waals surface area contributed by atoms with E-state index in [1.165, 1.54) is 0 Å². The van der Waals surface area contributed by atoms with Crippen LogP contribution >= 0.6 is 0 Å². The monoisotopic (exact) mass is 653 g/mol. The van der Waals surface area contributed by atoms with Gasteiger partial charge in [-0.25, -0.2) is 4.98 Å². The van der Waals surface area contributed by atoms with Gasteiger partial charge in [-0.05, 0) is 62.6 Å². The molecule has 0 radical (unpaired) electrons. The molecular weight excluding hydrogens is 610 g/mol. The zero-order chi connectivity index (χ0) is 33.0. The standard InChI is InChI=1S/C34H43N11O3/c1-21(2)48-32-29(23-15-36-37-16-23)35-17-28-39-33(41-45(28)32)38-27-6-9-42(18-22(27)3)12-13-43-19-34(20-43)7-10-44(11-8-34)24-4-5-25-26(14-24)31(47)40-30(25)46/h4-5,14-17,21-22,27H,6-13,18-20H2,1-3H3,(H,36,37)(H,38,41)(H,40,46,47)/t22-,27+/m1/s1. The van der Waals surface area contributed by atoms with Crippen LogP contribution in [0.2, 0.25) is 0 Å². The van der Waals surface area contributed by atoms with Gasteiger partial charge in [-0.15, -0.1) is 5.10 Å². The molecule has 0 bridgehead atoms. The molecule has 3 fully saturated rings. The number of H-pyrrole nitrogens is 1. The van der Waals surface area contributed by atoms with E-state index in [2.05, 4.69) is 47.4 Å². The van der Waals surface area contributed by atoms with Crippen molar-refractivity contribution in [3.8, 4) is 17.1 Å². The smallest absolute Gasteiger partial charge is 0.259 e. The maximum absolute atomic E-state index is 12.1. The van der Waals surface area contributed by atoms with Gasteiger partial charge in [-0.1, -0.05) is 6.92 Å². The maximum atomic E-state index is 12.1. The van der Waals surface area contributed by atoms with E-state index in [9.17, 15) is 9.59 Å². The van der Waals surface area contributed by atoms with E-state index in [1.807, 2.05) is 26.0 Å². The molecule has 3 saturated heterocycles. The molecule has 48 heavy (non-hydrogen) atoms. The van der Waals surface area contributed by atoms with Gasteiger partial charge in [0.25, 0.3) is 11.8 Å². The minimum Gasteiger partial charge on any atom is -0.473 e. The SMILES string of the molecule is CC(C)Oc1c(-c2cn[nH]c2)ncc2nc(N[C@H]3CCN(CCN4CC5(CCN(c6ccc7c(c6)C(=O)NC7=O)CC5)C4)C[C@H]3C)nn12. The van der Waals surface area contributed by atoms with Gasteiger partial charge in [0, 0.05) is 75.8 Å². The van der Waals surface area contributed by atoms with Crippen LogP contribution in [-0.4, -0.2) is 116 Å². The maximum Gasteiger partial charge on any atom is 0.259 e. The quantitative estimate of drug-likeness (QED) is 0.229. The molecular formula is C34H43N11O3. The van der Waals surface area contributed by atoms with Crippen molar-refractivity contribution in [2.24, 2.45) is 11.3 Å². The van der Waals surface area contributed by atoms with Crippen molar-refractivity contribution < 1.29 is 14.3 Å². The van der Waals surface area contributed by atoms with E-state index in [-0.39, 0.29) is 24.0 Å². The number of rotatable bonds is 9. The van der Waals surface area contributed by atoms with Crippen LogP contribution in [-0.2, 0) is 0 Å². The fourth-order valence-corrected chi connectivity index (χ4v) is 7.87. The van der Waals surface area contributed by atoms with Crippen molar-refractivity contribution in [3.05, 3.63) is 47.9 Å². The molecule has 1 spiro atoms. The number of likely N-dealkylation sites (tertiary alicyclic amines) is 2. The number of hydrogen-bond acceptors (Lipinski definition) is 11. The molecule has 8 rings (SSSR count). The van der Waals surface area contributed by atoms with E-state index in [0.717, 1.165) is 82.9 Å². The lowest BCUT2D eigenvalue weighted by molar-refractivity contribution is -0.0246. The molecule has 1 aromatic carbocycles. The number of aromatic amines is 1. The third kappa shape index (κ3) is 5.76. The highest BCUT2D eigenvalue weighted by atomic mass is 16.5. The van der Waals surface area contributed by atoms with Gasteiger partial charge in [-0.3, -0.25) is 20.0 Å². The molecule has 2 atom stereocenters. The predicted octanol–water partition coefficient (Wildman–Crippen LogP) is 2.91. The zero-order valence-corrected chi connectivity index (χ0v) is 27.8. The lowest BCUT2D eigenvalue weighted by Crippen LogP contribution is -2.61. The Morgan fingerprint density at radius 1 is 1.04 bits per heavy atom. The van der Waals surface area contributed by atoms with Gasteiger partial charge in [-0.2, -0.15) is 14.6 Å². The van der Waals surface area contributed by atoms with E-state index < -0.39 is 0 Å². The number of hydrogen-bond donors (Lipinski definition) is 3. The van der Waals surface area contributed by atoms with Gasteiger partial charge in [0.05, 0.1) is 29.6 Å². The summed E-state index contributed by atoms with van der Waals surface area (Å²) >= 11 is 0. The average molecular weight is 654 g/mol. The molecule has 4 aliphatic rings. The topological polar surface area (TPSA) is 149 Å². The summed E-state index contributed by atoms with van der Waals surface area (Å²) in [5, 5.41) is 17.7. The molecule has 14 heteroatoms. The van der Waals surface area contributed by atoms with Gasteiger partial charge in [0.2, 0.25) is 11.8 Å². The molecule has 3 aromatic heterocycles. The highest BCUT2D eigenvalue weighted by molar-refractivity contribution is 6.21. The highest BCUT2D eigenvalue weighted by Crippen LogP contribution is 2.41. The number of anilines is 2. The Hall–Kier alpha value is -4.56. The summed E-state index contributed by atoms with van der Waals surface area (Å²) in [5.74, 6) is 1.01. The number of fused-ring (bicyclic) bond motifs is 2. The number of amides is 2. The number of piperidine rings is 2. The Labute approximate surface area is 279 Å². The number of aromatic nitrogens is 6. The minimum atomic E-state index is -0.296. The van der Waals surface area contributed by atoms with Crippen LogP contribution in [0, 0.1) is 11.3 Å². The number of nitrogens with one attached hydrogen (secondary N) is 3. The van der Waals surface area contributed by atoms with E-state index in [1.54, 1.807) is 29.2 Å². The highest BCUT2D eigenvalue weighted by Gasteiger charge is 2.45. The number of benzene rings is 1. The Morgan fingerprint density at radius 3 is 2.58 bits per heavy atom. The first-order valence-electron chi connectivity index (χ1n) is 17.1. The van der Waals surface area contributed by atoms with Crippen LogP contribution in [0.3, 0.4) is 0 Å². The molecule has 4 aliphatic heterocycles. The normalized spacial score (nSPS) is 22.7. The van der Waals surface area contributed by atoms with Crippen LogP contribution in [0.25, 0.3) is 16.9 Å². The average Bonchev–Trinajstić information content (AvgIpc) is 3.80. The second kappa shape index (κ2) is 12.2. The summed E-state index contributed by atoms with van der Waals surface area (Å²) in [7, 11) is 0. The first kappa shape index (κ1) is 30.8. The Morgan fingerprint density at radius 2 is 1.83 bits per heavy atom. The minimum absolute atomic E-state index is 0.0509. The summed E-state index contributed by atoms with van der Waals surface area (Å²) in [6.45, 7) is 14.8. The third-order valence-electron chi connectivity index (χ3n) is 10.5. The molecule has 2 amide bonds. The molecule has 14 nitrogen and oxygen atoms in total. The van der Waals surface area contributed by atoms with Crippen molar-refractivity contribution in [3.63, 3.8) is 0 Å². The van der Waals surface area contributed by atoms with Crippen molar-refractivity contribution >= 4 is 29.1 Å². The lowest BCUT2D eigenvalue weighted by Gasteiger charge is -2.55. The van der Waals surface area contributed by atoms with E-state index in [4.69, 9.17) is 14.8 Å². The van der Waals surface area contributed by atoms with Crippen LogP contribution < -0.4 is 20.3 Å². The van der Waals surface area contributed by atoms with Gasteiger partial charge in [0.15, 0.2) is 5.65 Å². The molecule has 252 valence electrons. The summed E-state index contributed by atoms with van der Waals surface area (Å²) in [6.07, 6.45) is 8.53. The first-order chi connectivity index (χ1) is 23.2. The van der Waals surface area contributed by atoms with Crippen LogP contribution in [0.4, 0.5) is 11.6 Å². The van der Waals surface area contributed by atoms with Gasteiger partial charge >= 0.3 is 0 Å². The fourth-order valence-electron chi connectivity index (χ4n) is 7.87. The molecule has 3 N–H and O–H groups in total. The van der Waals surface area contributed by atoms with E-state index in [0.29, 0.717) is 45.6 Å². The largest absolute Gasteiger partial charge is 0.473 e. The van der Waals surface area contributed by atoms with Crippen molar-refractivity contribution in [2.75, 3.05) is 62.6 Å². The van der Waals surface area contributed by atoms with Gasteiger partial charge < -0.3 is 24.8 Å². The fraction of sp³-hybridized carbons (Fsp3) is 0.529. The van der Waals surface area contributed by atoms with Crippen LogP contribution in [0.15, 0.2) is 36.8 Å². The predicted molar refractivity (Wildman–Crippen MR) is 180 cm³/mol. The summed E-state index contributed by atoms with van der Waals surface area (Å²) in [4.78, 5) is 41.0. The first-order valence-corrected chi connectivity index (χ1v) is 17.1. The van der Waals surface area contributed by atoms with E-state index >= 15 is 0 Å². The summed E-state index contributed by atoms with van der Waals surface area (Å²) in [5.41, 5.74) is 4.57. The molecule has 0 unspecified atom stereocenters. The van der Waals surface area contributed by atoms with Gasteiger partial charge in [0.1, 0.15) is 5.69 Å². The summed E-state index contributed by atoms with van der Waals surface area (Å²) < 4.78 is 7.89. The summed E-state index contributed by atoms with van der Waals surface area (Å²) in [6, 6.07) is 5.92. The third-order valence-corrected chi connectivity index (χ3v) is 10.5. The zero-order valence-electron chi connectivity index (χ0n) is 27.8. The molecule has 0 aliphatic carbocycles. The number of nitrogens with zero attached hydrogens (tertiary/aromatic N) is 8. The van der Waals surface area contributed by atoms with Crippen LogP contribution in [0.1, 0.15) is 60.7 Å². The molecule has 7 heterocycles. The Bertz CT molecular complexity index is 1820. The Kier molecular flexibility index (Phi) is 7.79. The second-order valence-electron chi connectivity index (χ2n) is 14.3. The second-order valence-corrected chi connectivity index (χ2v) is 14.3. The lowest BCUT2D eigenvalue weighted by atomic mass is 9.72. The Balaban J connectivity index is 0.811. The number of imide groups is 1. The molecule has 4 aromatic rings. The van der Waals surface area contributed by atoms with Crippen LogP contribution in [0.5, 0.6) is 5.88 Å². The number of ether oxygens (including phenoxy) is 1.